The first kappa shape index (κ1) is 16.7. The minimum Gasteiger partial charge on any atom is -0.467 e. The second-order valence-electron chi connectivity index (χ2n) is 5.72. The van der Waals surface area contributed by atoms with Crippen LogP contribution in [0.5, 0.6) is 0 Å². The standard InChI is InChI=1S/C13H24N2O5/c1-13(2,3)20-12(17)15-6-9(14-4)8-19-10(7-15)11(16)18-5/h9-10,14H,6-8H2,1-5H3/t9?,10-/m0/s1. The van der Waals surface area contributed by atoms with Crippen molar-refractivity contribution in [2.24, 2.45) is 0 Å². The van der Waals surface area contributed by atoms with Crippen LogP contribution in [0, 0.1) is 0 Å². The van der Waals surface area contributed by atoms with Crippen LogP contribution in [0.2, 0.25) is 0 Å². The third-order valence-corrected chi connectivity index (χ3v) is 2.85. The summed E-state index contributed by atoms with van der Waals surface area (Å²) in [6, 6.07) is -0.0582. The number of likely N-dealkylation sites (N-methyl/N-ethyl adjacent to an activating group) is 1. The van der Waals surface area contributed by atoms with Crippen LogP contribution in [-0.2, 0) is 19.0 Å². The summed E-state index contributed by atoms with van der Waals surface area (Å²) in [5.41, 5.74) is -0.583. The highest BCUT2D eigenvalue weighted by Crippen LogP contribution is 2.14. The van der Waals surface area contributed by atoms with Crippen LogP contribution in [-0.4, -0.2) is 68.6 Å². The van der Waals surface area contributed by atoms with E-state index in [-0.39, 0.29) is 12.6 Å². The fourth-order valence-electron chi connectivity index (χ4n) is 1.80. The summed E-state index contributed by atoms with van der Waals surface area (Å²) < 4.78 is 15.5. The van der Waals surface area contributed by atoms with Gasteiger partial charge in [-0.1, -0.05) is 0 Å². The van der Waals surface area contributed by atoms with Gasteiger partial charge in [-0.05, 0) is 27.8 Å². The Balaban J connectivity index is 2.79. The van der Waals surface area contributed by atoms with Crippen LogP contribution in [0.25, 0.3) is 0 Å². The van der Waals surface area contributed by atoms with E-state index in [1.165, 1.54) is 12.0 Å². The van der Waals surface area contributed by atoms with Gasteiger partial charge in [-0.15, -0.1) is 0 Å². The molecule has 1 fully saturated rings. The topological polar surface area (TPSA) is 77.1 Å². The number of hydrogen-bond donors (Lipinski definition) is 1. The summed E-state index contributed by atoms with van der Waals surface area (Å²) in [6.07, 6.45) is -1.25. The van der Waals surface area contributed by atoms with E-state index >= 15 is 0 Å². The lowest BCUT2D eigenvalue weighted by atomic mass is 10.2. The number of hydrogen-bond acceptors (Lipinski definition) is 6. The molecule has 0 aromatic rings. The molecular weight excluding hydrogens is 264 g/mol. The third kappa shape index (κ3) is 4.97. The molecule has 7 nitrogen and oxygen atoms in total. The predicted molar refractivity (Wildman–Crippen MR) is 72.4 cm³/mol. The second-order valence-corrected chi connectivity index (χ2v) is 5.72. The Morgan fingerprint density at radius 1 is 1.30 bits per heavy atom. The van der Waals surface area contributed by atoms with Crippen molar-refractivity contribution in [3.05, 3.63) is 0 Å². The first-order valence-electron chi connectivity index (χ1n) is 6.61. The van der Waals surface area contributed by atoms with E-state index in [0.29, 0.717) is 13.2 Å². The number of esters is 1. The highest BCUT2D eigenvalue weighted by atomic mass is 16.6. The summed E-state index contributed by atoms with van der Waals surface area (Å²) in [6.45, 7) is 6.26. The molecule has 0 bridgehead atoms. The molecular formula is C13H24N2O5. The Morgan fingerprint density at radius 2 is 1.95 bits per heavy atom. The zero-order valence-electron chi connectivity index (χ0n) is 12.8. The van der Waals surface area contributed by atoms with Crippen molar-refractivity contribution >= 4 is 12.1 Å². The molecule has 1 amide bonds. The van der Waals surface area contributed by atoms with Gasteiger partial charge in [-0.25, -0.2) is 9.59 Å². The van der Waals surface area contributed by atoms with Gasteiger partial charge in [0.25, 0.3) is 0 Å². The number of carbonyl (C=O) groups excluding carboxylic acids is 2. The number of nitrogens with zero attached hydrogens (tertiary/aromatic N) is 1. The number of carbonyl (C=O) groups is 2. The first-order valence-corrected chi connectivity index (χ1v) is 6.61. The van der Waals surface area contributed by atoms with Crippen LogP contribution < -0.4 is 5.32 Å². The number of amides is 1. The van der Waals surface area contributed by atoms with E-state index in [4.69, 9.17) is 9.47 Å². The molecule has 0 aromatic carbocycles. The van der Waals surface area contributed by atoms with Crippen LogP contribution >= 0.6 is 0 Å². The lowest BCUT2D eigenvalue weighted by Gasteiger charge is -2.28. The van der Waals surface area contributed by atoms with Gasteiger partial charge in [0.2, 0.25) is 0 Å². The molecule has 1 rings (SSSR count). The maximum absolute atomic E-state index is 12.2. The van der Waals surface area contributed by atoms with Gasteiger partial charge < -0.3 is 24.4 Å². The minimum absolute atomic E-state index is 0.0582. The Kier molecular flexibility index (Phi) is 5.76. The quantitative estimate of drug-likeness (QED) is 0.740. The maximum Gasteiger partial charge on any atom is 0.410 e. The fourth-order valence-corrected chi connectivity index (χ4v) is 1.80. The Labute approximate surface area is 119 Å². The maximum atomic E-state index is 12.2. The van der Waals surface area contributed by atoms with E-state index in [0.717, 1.165) is 0 Å². The molecule has 0 aliphatic carbocycles. The summed E-state index contributed by atoms with van der Waals surface area (Å²) in [4.78, 5) is 25.2. The molecule has 116 valence electrons. The molecule has 0 radical (unpaired) electrons. The van der Waals surface area contributed by atoms with Gasteiger partial charge >= 0.3 is 12.1 Å². The van der Waals surface area contributed by atoms with Gasteiger partial charge in [0, 0.05) is 12.6 Å². The normalized spacial score (nSPS) is 23.9. The fraction of sp³-hybridized carbons (Fsp3) is 0.846. The number of ether oxygens (including phenoxy) is 3. The lowest BCUT2D eigenvalue weighted by Crippen LogP contribution is -2.46. The molecule has 1 aliphatic rings. The van der Waals surface area contributed by atoms with E-state index < -0.39 is 23.8 Å². The zero-order valence-corrected chi connectivity index (χ0v) is 12.8. The lowest BCUT2D eigenvalue weighted by molar-refractivity contribution is -0.154. The van der Waals surface area contributed by atoms with E-state index in [1.807, 2.05) is 0 Å². The Bertz CT molecular complexity index is 353. The first-order chi connectivity index (χ1) is 9.26. The monoisotopic (exact) mass is 288 g/mol. The predicted octanol–water partition coefficient (Wildman–Crippen LogP) is 0.383. The summed E-state index contributed by atoms with van der Waals surface area (Å²) >= 11 is 0. The van der Waals surface area contributed by atoms with Crippen molar-refractivity contribution < 1.29 is 23.8 Å². The summed E-state index contributed by atoms with van der Waals surface area (Å²) in [7, 11) is 3.07. The van der Waals surface area contributed by atoms with Gasteiger partial charge in [0.05, 0.1) is 20.3 Å². The SMILES string of the molecule is CNC1CO[C@H](C(=O)OC)CN(C(=O)OC(C)(C)C)C1. The molecule has 1 heterocycles. The number of nitrogens with one attached hydrogen (secondary N) is 1. The van der Waals surface area contributed by atoms with Crippen LogP contribution in [0.3, 0.4) is 0 Å². The zero-order chi connectivity index (χ0) is 15.3. The van der Waals surface area contributed by atoms with Crippen LogP contribution in [0.4, 0.5) is 4.79 Å². The smallest absolute Gasteiger partial charge is 0.410 e. The molecule has 1 saturated heterocycles. The van der Waals surface area contributed by atoms with Crippen molar-refractivity contribution in [3.63, 3.8) is 0 Å². The molecule has 0 spiro atoms. The second kappa shape index (κ2) is 6.90. The van der Waals surface area contributed by atoms with Gasteiger partial charge in [-0.2, -0.15) is 0 Å². The van der Waals surface area contributed by atoms with E-state index in [1.54, 1.807) is 27.8 Å². The van der Waals surface area contributed by atoms with Gasteiger partial charge in [0.15, 0.2) is 6.10 Å². The van der Waals surface area contributed by atoms with Crippen molar-refractivity contribution in [2.45, 2.75) is 38.5 Å². The average Bonchev–Trinajstić information content (AvgIpc) is 2.58. The molecule has 0 saturated carbocycles. The van der Waals surface area contributed by atoms with Crippen LogP contribution in [0.1, 0.15) is 20.8 Å². The highest BCUT2D eigenvalue weighted by molar-refractivity contribution is 5.76. The molecule has 7 heteroatoms. The Hall–Kier alpha value is -1.34. The summed E-state index contributed by atoms with van der Waals surface area (Å²) in [5, 5.41) is 3.04. The van der Waals surface area contributed by atoms with E-state index in [2.05, 4.69) is 10.1 Å². The van der Waals surface area contributed by atoms with Gasteiger partial charge in [0.1, 0.15) is 5.60 Å². The third-order valence-electron chi connectivity index (χ3n) is 2.85. The van der Waals surface area contributed by atoms with Crippen molar-refractivity contribution in [1.82, 2.24) is 10.2 Å². The van der Waals surface area contributed by atoms with E-state index in [9.17, 15) is 9.59 Å². The number of rotatable bonds is 2. The highest BCUT2D eigenvalue weighted by Gasteiger charge is 2.33. The average molecular weight is 288 g/mol. The van der Waals surface area contributed by atoms with Crippen molar-refractivity contribution in [3.8, 4) is 0 Å². The van der Waals surface area contributed by atoms with Crippen LogP contribution in [0.15, 0.2) is 0 Å². The molecule has 1 N–H and O–H groups in total. The molecule has 2 atom stereocenters. The van der Waals surface area contributed by atoms with Crippen molar-refractivity contribution in [1.29, 1.82) is 0 Å². The summed E-state index contributed by atoms with van der Waals surface area (Å²) in [5.74, 6) is -0.490. The Morgan fingerprint density at radius 3 is 2.45 bits per heavy atom. The number of methoxy groups -OCH3 is 1. The minimum atomic E-state index is -0.786. The molecule has 1 unspecified atom stereocenters. The molecule has 1 aliphatic heterocycles. The van der Waals surface area contributed by atoms with Crippen molar-refractivity contribution in [2.75, 3.05) is 33.9 Å². The van der Waals surface area contributed by atoms with Gasteiger partial charge in [-0.3, -0.25) is 0 Å². The molecule has 0 aromatic heterocycles. The largest absolute Gasteiger partial charge is 0.467 e. The molecule has 20 heavy (non-hydrogen) atoms.